The molecule has 1 unspecified atom stereocenters. The van der Waals surface area contributed by atoms with Gasteiger partial charge < -0.3 is 10.3 Å². The van der Waals surface area contributed by atoms with Crippen molar-refractivity contribution in [2.75, 3.05) is 6.54 Å². The van der Waals surface area contributed by atoms with Gasteiger partial charge in [0, 0.05) is 12.7 Å². The lowest BCUT2D eigenvalue weighted by molar-refractivity contribution is 0.0928. The second kappa shape index (κ2) is 3.59. The van der Waals surface area contributed by atoms with Crippen molar-refractivity contribution in [2.24, 2.45) is 0 Å². The number of carbonyl (C=O) groups is 1. The highest BCUT2D eigenvalue weighted by atomic mass is 16.2. The topological polar surface area (TPSA) is 69.0 Å². The number of rotatable bonds is 2. The maximum atomic E-state index is 11.5. The van der Waals surface area contributed by atoms with Gasteiger partial charge in [0.1, 0.15) is 5.69 Å². The zero-order valence-corrected chi connectivity index (χ0v) is 7.13. The van der Waals surface area contributed by atoms with Gasteiger partial charge in [-0.15, -0.1) is 0 Å². The van der Waals surface area contributed by atoms with Crippen LogP contribution in [-0.2, 0) is 0 Å². The van der Waals surface area contributed by atoms with Gasteiger partial charge in [-0.1, -0.05) is 0 Å². The fourth-order valence-electron chi connectivity index (χ4n) is 1.30. The Kier molecular flexibility index (Phi) is 2.29. The third kappa shape index (κ3) is 1.88. The third-order valence-electron chi connectivity index (χ3n) is 1.98. The molecule has 1 aromatic rings. The Hall–Kier alpha value is -1.33. The first-order chi connectivity index (χ1) is 6.36. The van der Waals surface area contributed by atoms with E-state index in [0.717, 1.165) is 13.0 Å². The van der Waals surface area contributed by atoms with E-state index >= 15 is 0 Å². The number of aromatic amines is 1. The number of hydrazine groups is 1. The summed E-state index contributed by atoms with van der Waals surface area (Å²) in [6.07, 6.45) is 2.68. The lowest BCUT2D eigenvalue weighted by Gasteiger charge is -2.10. The van der Waals surface area contributed by atoms with E-state index in [1.54, 1.807) is 18.3 Å². The Morgan fingerprint density at radius 1 is 1.62 bits per heavy atom. The summed E-state index contributed by atoms with van der Waals surface area (Å²) in [7, 11) is 0. The zero-order valence-electron chi connectivity index (χ0n) is 7.13. The van der Waals surface area contributed by atoms with Crippen molar-refractivity contribution >= 4 is 5.91 Å². The van der Waals surface area contributed by atoms with E-state index < -0.39 is 0 Å². The molecule has 0 radical (unpaired) electrons. The van der Waals surface area contributed by atoms with E-state index in [1.165, 1.54) is 0 Å². The Morgan fingerprint density at radius 2 is 2.54 bits per heavy atom. The van der Waals surface area contributed by atoms with Crippen LogP contribution in [0.5, 0.6) is 0 Å². The molecule has 1 atom stereocenters. The SMILES string of the molecule is O=C(NC1CCNN1)c1ccc[nH]1. The minimum absolute atomic E-state index is 0.0378. The van der Waals surface area contributed by atoms with Crippen LogP contribution >= 0.6 is 0 Å². The van der Waals surface area contributed by atoms with E-state index in [4.69, 9.17) is 0 Å². The molecule has 0 aliphatic carbocycles. The molecule has 2 rings (SSSR count). The lowest BCUT2D eigenvalue weighted by Crippen LogP contribution is -2.44. The van der Waals surface area contributed by atoms with Crippen molar-refractivity contribution in [3.8, 4) is 0 Å². The zero-order chi connectivity index (χ0) is 9.10. The Bertz CT molecular complexity index is 276. The van der Waals surface area contributed by atoms with Crippen molar-refractivity contribution < 1.29 is 4.79 Å². The second-order valence-corrected chi connectivity index (χ2v) is 2.97. The van der Waals surface area contributed by atoms with Crippen LogP contribution < -0.4 is 16.2 Å². The average molecular weight is 180 g/mol. The van der Waals surface area contributed by atoms with Crippen LogP contribution in [0.2, 0.25) is 0 Å². The maximum Gasteiger partial charge on any atom is 0.268 e. The normalized spacial score (nSPS) is 21.7. The summed E-state index contributed by atoms with van der Waals surface area (Å²) in [4.78, 5) is 14.3. The predicted molar refractivity (Wildman–Crippen MR) is 47.8 cm³/mol. The summed E-state index contributed by atoms with van der Waals surface area (Å²) < 4.78 is 0. The summed E-state index contributed by atoms with van der Waals surface area (Å²) in [6.45, 7) is 0.885. The first-order valence-corrected chi connectivity index (χ1v) is 4.29. The monoisotopic (exact) mass is 180 g/mol. The number of hydrogen-bond acceptors (Lipinski definition) is 3. The molecule has 5 nitrogen and oxygen atoms in total. The molecule has 0 saturated carbocycles. The fraction of sp³-hybridized carbons (Fsp3) is 0.375. The Labute approximate surface area is 75.9 Å². The van der Waals surface area contributed by atoms with E-state index in [9.17, 15) is 4.79 Å². The quantitative estimate of drug-likeness (QED) is 0.499. The van der Waals surface area contributed by atoms with Gasteiger partial charge in [-0.25, -0.2) is 5.43 Å². The number of H-pyrrole nitrogens is 1. The second-order valence-electron chi connectivity index (χ2n) is 2.97. The molecule has 1 aliphatic rings. The highest BCUT2D eigenvalue weighted by molar-refractivity contribution is 5.92. The number of nitrogens with one attached hydrogen (secondary N) is 4. The first kappa shape index (κ1) is 8.28. The van der Waals surface area contributed by atoms with Gasteiger partial charge in [0.15, 0.2) is 0 Å². The van der Waals surface area contributed by atoms with Crippen molar-refractivity contribution in [1.82, 2.24) is 21.2 Å². The van der Waals surface area contributed by atoms with Crippen molar-refractivity contribution in [3.05, 3.63) is 24.0 Å². The first-order valence-electron chi connectivity index (χ1n) is 4.29. The van der Waals surface area contributed by atoms with E-state index in [1.807, 2.05) is 0 Å². The molecule has 70 valence electrons. The molecule has 13 heavy (non-hydrogen) atoms. The molecule has 0 bridgehead atoms. The molecule has 2 heterocycles. The molecule has 1 amide bonds. The van der Waals surface area contributed by atoms with Crippen LogP contribution in [0.1, 0.15) is 16.9 Å². The summed E-state index contributed by atoms with van der Waals surface area (Å²) in [6, 6.07) is 3.55. The van der Waals surface area contributed by atoms with Gasteiger partial charge in [0.2, 0.25) is 0 Å². The van der Waals surface area contributed by atoms with Gasteiger partial charge >= 0.3 is 0 Å². The molecule has 0 spiro atoms. The molecule has 5 heteroatoms. The van der Waals surface area contributed by atoms with Crippen molar-refractivity contribution in [3.63, 3.8) is 0 Å². The van der Waals surface area contributed by atoms with Gasteiger partial charge in [0.25, 0.3) is 5.91 Å². The van der Waals surface area contributed by atoms with Gasteiger partial charge in [-0.2, -0.15) is 0 Å². The molecule has 0 aromatic carbocycles. The van der Waals surface area contributed by atoms with Gasteiger partial charge in [-0.05, 0) is 18.6 Å². The maximum absolute atomic E-state index is 11.5. The van der Waals surface area contributed by atoms with E-state index in [-0.39, 0.29) is 12.1 Å². The van der Waals surface area contributed by atoms with Crippen LogP contribution in [0.3, 0.4) is 0 Å². The van der Waals surface area contributed by atoms with Crippen LogP contribution in [0.15, 0.2) is 18.3 Å². The van der Waals surface area contributed by atoms with Crippen molar-refractivity contribution in [2.45, 2.75) is 12.6 Å². The molecule has 4 N–H and O–H groups in total. The summed E-state index contributed by atoms with van der Waals surface area (Å²) in [5.74, 6) is -0.0776. The van der Waals surface area contributed by atoms with Crippen LogP contribution in [0, 0.1) is 0 Å². The molecular weight excluding hydrogens is 168 g/mol. The van der Waals surface area contributed by atoms with Crippen LogP contribution in [0.4, 0.5) is 0 Å². The van der Waals surface area contributed by atoms with Crippen LogP contribution in [-0.4, -0.2) is 23.6 Å². The van der Waals surface area contributed by atoms with Crippen molar-refractivity contribution in [1.29, 1.82) is 0 Å². The van der Waals surface area contributed by atoms with E-state index in [2.05, 4.69) is 21.2 Å². The third-order valence-corrected chi connectivity index (χ3v) is 1.98. The number of amides is 1. The standard InChI is InChI=1S/C8H12N4O/c13-8(6-2-1-4-9-6)11-7-3-5-10-12-7/h1-2,4,7,9-10,12H,3,5H2,(H,11,13). The average Bonchev–Trinajstić information content (AvgIpc) is 2.74. The van der Waals surface area contributed by atoms with E-state index in [0.29, 0.717) is 5.69 Å². The lowest BCUT2D eigenvalue weighted by atomic mass is 10.3. The minimum Gasteiger partial charge on any atom is -0.357 e. The summed E-state index contributed by atoms with van der Waals surface area (Å²) in [5, 5.41) is 2.84. The smallest absolute Gasteiger partial charge is 0.268 e. The highest BCUT2D eigenvalue weighted by Crippen LogP contribution is 1.97. The fourth-order valence-corrected chi connectivity index (χ4v) is 1.30. The van der Waals surface area contributed by atoms with Gasteiger partial charge in [0.05, 0.1) is 6.17 Å². The molecule has 1 fully saturated rings. The molecule has 1 aliphatic heterocycles. The Balaban J connectivity index is 1.91. The summed E-state index contributed by atoms with van der Waals surface area (Å²) >= 11 is 0. The largest absolute Gasteiger partial charge is 0.357 e. The highest BCUT2D eigenvalue weighted by Gasteiger charge is 2.16. The number of hydrogen-bond donors (Lipinski definition) is 4. The molecular formula is C8H12N4O. The van der Waals surface area contributed by atoms with Gasteiger partial charge in [-0.3, -0.25) is 10.2 Å². The van der Waals surface area contributed by atoms with Crippen LogP contribution in [0.25, 0.3) is 0 Å². The summed E-state index contributed by atoms with van der Waals surface area (Å²) in [5.41, 5.74) is 6.49. The molecule has 1 saturated heterocycles. The Morgan fingerprint density at radius 3 is 3.15 bits per heavy atom. The number of carbonyl (C=O) groups excluding carboxylic acids is 1. The number of aromatic nitrogens is 1. The minimum atomic E-state index is -0.0776. The predicted octanol–water partition coefficient (Wildman–Crippen LogP) is -0.431. The molecule has 1 aromatic heterocycles.